The van der Waals surface area contributed by atoms with E-state index in [2.05, 4.69) is 4.98 Å². The molecule has 0 bridgehead atoms. The minimum Gasteiger partial charge on any atom is -0.494 e. The molecule has 0 aliphatic rings. The summed E-state index contributed by atoms with van der Waals surface area (Å²) in [6.07, 6.45) is 0. The first-order chi connectivity index (χ1) is 9.56. The number of hydrogen-bond acceptors (Lipinski definition) is 5. The molecule has 5 nitrogen and oxygen atoms in total. The lowest BCUT2D eigenvalue weighted by Crippen LogP contribution is -2.04. The SMILES string of the molecule is CCOC(=O)c1oc(-c2ccc(F)c(OC)c2)nc1C. The summed E-state index contributed by atoms with van der Waals surface area (Å²) >= 11 is 0. The van der Waals surface area contributed by atoms with Crippen molar-refractivity contribution < 1.29 is 23.1 Å². The van der Waals surface area contributed by atoms with Crippen LogP contribution in [-0.2, 0) is 4.74 Å². The number of oxazole rings is 1. The van der Waals surface area contributed by atoms with Gasteiger partial charge in [-0.05, 0) is 32.0 Å². The number of rotatable bonds is 4. The molecule has 0 unspecified atom stereocenters. The average Bonchev–Trinajstić information content (AvgIpc) is 2.82. The lowest BCUT2D eigenvalue weighted by Gasteiger charge is -2.02. The van der Waals surface area contributed by atoms with Crippen LogP contribution in [0.4, 0.5) is 4.39 Å². The summed E-state index contributed by atoms with van der Waals surface area (Å²) in [6.45, 7) is 3.59. The van der Waals surface area contributed by atoms with Crippen LogP contribution in [0, 0.1) is 12.7 Å². The summed E-state index contributed by atoms with van der Waals surface area (Å²) < 4.78 is 28.5. The van der Waals surface area contributed by atoms with Crippen LogP contribution in [0.3, 0.4) is 0 Å². The molecule has 106 valence electrons. The maximum absolute atomic E-state index is 13.3. The van der Waals surface area contributed by atoms with E-state index in [0.717, 1.165) is 0 Å². The third-order valence-electron chi connectivity index (χ3n) is 2.66. The summed E-state index contributed by atoms with van der Waals surface area (Å²) in [6, 6.07) is 4.20. The van der Waals surface area contributed by atoms with Crippen molar-refractivity contribution in [3.8, 4) is 17.2 Å². The number of aromatic nitrogens is 1. The summed E-state index contributed by atoms with van der Waals surface area (Å²) in [5.74, 6) is -0.715. The van der Waals surface area contributed by atoms with E-state index < -0.39 is 11.8 Å². The summed E-state index contributed by atoms with van der Waals surface area (Å²) in [5.41, 5.74) is 0.934. The second kappa shape index (κ2) is 5.73. The Morgan fingerprint density at radius 2 is 2.20 bits per heavy atom. The largest absolute Gasteiger partial charge is 0.494 e. The highest BCUT2D eigenvalue weighted by Gasteiger charge is 2.20. The first kappa shape index (κ1) is 14.0. The van der Waals surface area contributed by atoms with E-state index in [-0.39, 0.29) is 24.0 Å². The number of carbonyl (C=O) groups is 1. The van der Waals surface area contributed by atoms with E-state index in [0.29, 0.717) is 11.3 Å². The number of aryl methyl sites for hydroxylation is 1. The monoisotopic (exact) mass is 279 g/mol. The Morgan fingerprint density at radius 3 is 2.85 bits per heavy atom. The molecule has 6 heteroatoms. The summed E-state index contributed by atoms with van der Waals surface area (Å²) in [7, 11) is 1.37. The van der Waals surface area contributed by atoms with Gasteiger partial charge >= 0.3 is 5.97 Å². The average molecular weight is 279 g/mol. The Morgan fingerprint density at radius 1 is 1.45 bits per heavy atom. The molecular weight excluding hydrogens is 265 g/mol. The van der Waals surface area contributed by atoms with Gasteiger partial charge in [-0.15, -0.1) is 0 Å². The van der Waals surface area contributed by atoms with Gasteiger partial charge in [0.25, 0.3) is 0 Å². The second-order valence-electron chi connectivity index (χ2n) is 4.00. The fraction of sp³-hybridized carbons (Fsp3) is 0.286. The third-order valence-corrected chi connectivity index (χ3v) is 2.66. The Labute approximate surface area is 115 Å². The highest BCUT2D eigenvalue weighted by molar-refractivity contribution is 5.87. The van der Waals surface area contributed by atoms with Gasteiger partial charge in [-0.1, -0.05) is 0 Å². The number of esters is 1. The molecule has 0 saturated heterocycles. The summed E-state index contributed by atoms with van der Waals surface area (Å²) in [4.78, 5) is 15.8. The minimum atomic E-state index is -0.571. The number of methoxy groups -OCH3 is 1. The van der Waals surface area contributed by atoms with Crippen molar-refractivity contribution >= 4 is 5.97 Å². The molecule has 0 radical (unpaired) electrons. The molecule has 1 aromatic carbocycles. The molecule has 0 aliphatic carbocycles. The fourth-order valence-electron chi connectivity index (χ4n) is 1.70. The molecule has 0 spiro atoms. The Hall–Kier alpha value is -2.37. The maximum Gasteiger partial charge on any atom is 0.376 e. The predicted molar refractivity (Wildman–Crippen MR) is 69.1 cm³/mol. The summed E-state index contributed by atoms with van der Waals surface area (Å²) in [5, 5.41) is 0. The zero-order valence-corrected chi connectivity index (χ0v) is 11.4. The molecule has 2 rings (SSSR count). The molecule has 1 heterocycles. The van der Waals surface area contributed by atoms with Crippen molar-refractivity contribution in [2.75, 3.05) is 13.7 Å². The van der Waals surface area contributed by atoms with Gasteiger partial charge in [0.15, 0.2) is 11.6 Å². The second-order valence-corrected chi connectivity index (χ2v) is 4.00. The number of nitrogens with zero attached hydrogens (tertiary/aromatic N) is 1. The van der Waals surface area contributed by atoms with Crippen LogP contribution < -0.4 is 4.74 Å². The smallest absolute Gasteiger partial charge is 0.376 e. The number of hydrogen-bond donors (Lipinski definition) is 0. The Bertz CT molecular complexity index is 636. The Balaban J connectivity index is 2.39. The lowest BCUT2D eigenvalue weighted by atomic mass is 10.2. The number of benzene rings is 1. The van der Waals surface area contributed by atoms with E-state index in [1.165, 1.54) is 25.3 Å². The zero-order chi connectivity index (χ0) is 14.7. The van der Waals surface area contributed by atoms with Gasteiger partial charge in [0.2, 0.25) is 11.7 Å². The Kier molecular flexibility index (Phi) is 4.02. The molecule has 20 heavy (non-hydrogen) atoms. The standard InChI is InChI=1S/C14H14FNO4/c1-4-19-14(17)12-8(2)16-13(20-12)9-5-6-10(15)11(7-9)18-3/h5-7H,4H2,1-3H3. The number of carbonyl (C=O) groups excluding carboxylic acids is 1. The quantitative estimate of drug-likeness (QED) is 0.805. The van der Waals surface area contributed by atoms with Crippen LogP contribution >= 0.6 is 0 Å². The van der Waals surface area contributed by atoms with Crippen molar-refractivity contribution in [2.24, 2.45) is 0 Å². The molecule has 0 saturated carbocycles. The van der Waals surface area contributed by atoms with Crippen LogP contribution in [0.15, 0.2) is 22.6 Å². The van der Waals surface area contributed by atoms with Gasteiger partial charge in [0.05, 0.1) is 19.4 Å². The molecule has 1 aromatic heterocycles. The molecule has 2 aromatic rings. The van der Waals surface area contributed by atoms with Crippen LogP contribution in [0.5, 0.6) is 5.75 Å². The topological polar surface area (TPSA) is 61.6 Å². The molecule has 0 N–H and O–H groups in total. The number of ether oxygens (including phenoxy) is 2. The minimum absolute atomic E-state index is 0.0464. The van der Waals surface area contributed by atoms with Crippen molar-refractivity contribution in [2.45, 2.75) is 13.8 Å². The van der Waals surface area contributed by atoms with E-state index in [4.69, 9.17) is 13.9 Å². The molecule has 0 atom stereocenters. The lowest BCUT2D eigenvalue weighted by molar-refractivity contribution is 0.0490. The third kappa shape index (κ3) is 2.64. The molecule has 0 amide bonds. The highest BCUT2D eigenvalue weighted by Crippen LogP contribution is 2.27. The predicted octanol–water partition coefficient (Wildman–Crippen LogP) is 2.97. The van der Waals surface area contributed by atoms with Gasteiger partial charge in [0, 0.05) is 5.56 Å². The van der Waals surface area contributed by atoms with E-state index in [9.17, 15) is 9.18 Å². The molecular formula is C14H14FNO4. The van der Waals surface area contributed by atoms with Crippen molar-refractivity contribution in [1.29, 1.82) is 0 Å². The zero-order valence-electron chi connectivity index (χ0n) is 11.4. The number of halogens is 1. The van der Waals surface area contributed by atoms with Crippen LogP contribution in [0.1, 0.15) is 23.2 Å². The highest BCUT2D eigenvalue weighted by atomic mass is 19.1. The normalized spacial score (nSPS) is 10.4. The first-order valence-corrected chi connectivity index (χ1v) is 6.05. The fourth-order valence-corrected chi connectivity index (χ4v) is 1.70. The van der Waals surface area contributed by atoms with Crippen LogP contribution in [0.2, 0.25) is 0 Å². The van der Waals surface area contributed by atoms with E-state index in [1.807, 2.05) is 0 Å². The van der Waals surface area contributed by atoms with Crippen molar-refractivity contribution in [1.82, 2.24) is 4.98 Å². The van der Waals surface area contributed by atoms with Gasteiger partial charge in [-0.3, -0.25) is 0 Å². The van der Waals surface area contributed by atoms with Crippen LogP contribution in [0.25, 0.3) is 11.5 Å². The van der Waals surface area contributed by atoms with Crippen molar-refractivity contribution in [3.63, 3.8) is 0 Å². The maximum atomic E-state index is 13.3. The first-order valence-electron chi connectivity index (χ1n) is 6.05. The van der Waals surface area contributed by atoms with Crippen molar-refractivity contribution in [3.05, 3.63) is 35.5 Å². The van der Waals surface area contributed by atoms with E-state index in [1.54, 1.807) is 13.8 Å². The molecule has 0 aliphatic heterocycles. The van der Waals surface area contributed by atoms with Gasteiger partial charge in [-0.2, -0.15) is 0 Å². The van der Waals surface area contributed by atoms with Gasteiger partial charge in [-0.25, -0.2) is 14.2 Å². The van der Waals surface area contributed by atoms with Crippen LogP contribution in [-0.4, -0.2) is 24.7 Å². The van der Waals surface area contributed by atoms with E-state index >= 15 is 0 Å². The van der Waals surface area contributed by atoms with Gasteiger partial charge in [0.1, 0.15) is 0 Å². The molecule has 0 fully saturated rings. The van der Waals surface area contributed by atoms with Gasteiger partial charge < -0.3 is 13.9 Å².